The van der Waals surface area contributed by atoms with Crippen molar-refractivity contribution in [2.45, 2.75) is 32.0 Å². The number of benzene rings is 1. The highest BCUT2D eigenvalue weighted by Gasteiger charge is 2.33. The quantitative estimate of drug-likeness (QED) is 0.617. The highest BCUT2D eigenvalue weighted by atomic mass is 32.2. The number of carbonyl (C=O) groups excluding carboxylic acids is 1. The Balaban J connectivity index is 2.94. The van der Waals surface area contributed by atoms with Crippen molar-refractivity contribution in [3.8, 4) is 0 Å². The number of thioether (sulfide) groups is 1. The second-order valence-electron chi connectivity index (χ2n) is 4.73. The molecule has 0 aliphatic carbocycles. The summed E-state index contributed by atoms with van der Waals surface area (Å²) in [6, 6.07) is 1.46. The van der Waals surface area contributed by atoms with Gasteiger partial charge in [-0.25, -0.2) is 0 Å². The van der Waals surface area contributed by atoms with Crippen LogP contribution < -0.4 is 5.43 Å². The van der Waals surface area contributed by atoms with Crippen molar-refractivity contribution in [2.75, 3.05) is 5.75 Å². The fraction of sp³-hybridized carbons (Fsp3) is 0.333. The third kappa shape index (κ3) is 2.90. The molecule has 22 heavy (non-hydrogen) atoms. The third-order valence-electron chi connectivity index (χ3n) is 3.16. The van der Waals surface area contributed by atoms with E-state index in [2.05, 4.69) is 0 Å². The Kier molecular flexibility index (Phi) is 4.37. The number of carbonyl (C=O) groups is 1. The van der Waals surface area contributed by atoms with Gasteiger partial charge >= 0.3 is 6.18 Å². The van der Waals surface area contributed by atoms with Crippen molar-refractivity contribution < 1.29 is 22.4 Å². The lowest BCUT2D eigenvalue weighted by atomic mass is 10.0. The smallest absolute Gasteiger partial charge is 0.416 e. The molecule has 2 rings (SSSR count). The Morgan fingerprint density at radius 1 is 1.32 bits per heavy atom. The Morgan fingerprint density at radius 2 is 1.95 bits per heavy atom. The minimum atomic E-state index is -4.64. The summed E-state index contributed by atoms with van der Waals surface area (Å²) in [5, 5.41) is 0.0974. The molecule has 1 aromatic heterocycles. The molecule has 0 N–H and O–H groups in total. The number of hydrogen-bond acceptors (Lipinski definition) is 4. The number of ketones is 1. The Morgan fingerprint density at radius 3 is 2.45 bits per heavy atom. The van der Waals surface area contributed by atoms with Crippen LogP contribution in [0.5, 0.6) is 0 Å². The molecular formula is C15H13F3O3S. The van der Waals surface area contributed by atoms with E-state index in [0.29, 0.717) is 10.8 Å². The molecule has 0 bridgehead atoms. The van der Waals surface area contributed by atoms with Crippen LogP contribution in [-0.2, 0) is 6.18 Å². The summed E-state index contributed by atoms with van der Waals surface area (Å²) in [5.41, 5.74) is -1.67. The van der Waals surface area contributed by atoms with Crippen molar-refractivity contribution in [2.24, 2.45) is 0 Å². The summed E-state index contributed by atoms with van der Waals surface area (Å²) in [4.78, 5) is 24.0. The van der Waals surface area contributed by atoms with Crippen LogP contribution in [0.2, 0.25) is 0 Å². The summed E-state index contributed by atoms with van der Waals surface area (Å²) < 4.78 is 44.4. The van der Waals surface area contributed by atoms with Gasteiger partial charge in [0.05, 0.1) is 16.5 Å². The molecule has 3 nitrogen and oxygen atoms in total. The van der Waals surface area contributed by atoms with Crippen LogP contribution in [0, 0.1) is 6.92 Å². The summed E-state index contributed by atoms with van der Waals surface area (Å²) in [7, 11) is 0. The number of hydrogen-bond donors (Lipinski definition) is 0. The van der Waals surface area contributed by atoms with Crippen LogP contribution in [-0.4, -0.2) is 11.5 Å². The van der Waals surface area contributed by atoms with E-state index in [1.165, 1.54) is 18.7 Å². The number of Topliss-reactive ketones (excluding diaryl/α,β-unsaturated/α-hetero) is 1. The maximum absolute atomic E-state index is 12.9. The van der Waals surface area contributed by atoms with Gasteiger partial charge in [0, 0.05) is 5.56 Å². The summed E-state index contributed by atoms with van der Waals surface area (Å²) in [6.07, 6.45) is -4.64. The van der Waals surface area contributed by atoms with E-state index < -0.39 is 23.0 Å². The highest BCUT2D eigenvalue weighted by Crippen LogP contribution is 2.34. The monoisotopic (exact) mass is 330 g/mol. The SMILES string of the molecule is CCSc1oc2c(C(C)=O)cc(C(F)(F)F)cc2c(=O)c1C. The fourth-order valence-corrected chi connectivity index (χ4v) is 2.78. The van der Waals surface area contributed by atoms with E-state index in [4.69, 9.17) is 4.42 Å². The Bertz CT molecular complexity index is 806. The maximum atomic E-state index is 12.9. The van der Waals surface area contributed by atoms with Crippen molar-refractivity contribution in [1.82, 2.24) is 0 Å². The van der Waals surface area contributed by atoms with Gasteiger partial charge in [0.1, 0.15) is 5.58 Å². The molecule has 2 aromatic rings. The van der Waals surface area contributed by atoms with Gasteiger partial charge in [-0.05, 0) is 31.7 Å². The maximum Gasteiger partial charge on any atom is 0.416 e. The first kappa shape index (κ1) is 16.6. The van der Waals surface area contributed by atoms with Gasteiger partial charge in [0.15, 0.2) is 16.3 Å². The lowest BCUT2D eigenvalue weighted by molar-refractivity contribution is -0.137. The zero-order chi connectivity index (χ0) is 16.7. The van der Waals surface area contributed by atoms with Gasteiger partial charge in [-0.3, -0.25) is 9.59 Å². The predicted octanol–water partition coefficient (Wildman–Crippen LogP) is 4.43. The molecule has 0 aliphatic rings. The van der Waals surface area contributed by atoms with E-state index >= 15 is 0 Å². The second-order valence-corrected chi connectivity index (χ2v) is 5.97. The predicted molar refractivity (Wildman–Crippen MR) is 78.6 cm³/mol. The normalized spacial score (nSPS) is 11.9. The summed E-state index contributed by atoms with van der Waals surface area (Å²) >= 11 is 1.26. The minimum Gasteiger partial charge on any atom is -0.449 e. The molecule has 7 heteroatoms. The zero-order valence-corrected chi connectivity index (χ0v) is 12.9. The lowest BCUT2D eigenvalue weighted by Gasteiger charge is -2.12. The Hall–Kier alpha value is -1.76. The lowest BCUT2D eigenvalue weighted by Crippen LogP contribution is -2.13. The van der Waals surface area contributed by atoms with Crippen molar-refractivity contribution >= 4 is 28.5 Å². The molecular weight excluding hydrogens is 317 g/mol. The first-order valence-corrected chi connectivity index (χ1v) is 7.47. The molecule has 1 heterocycles. The molecule has 1 aromatic carbocycles. The third-order valence-corrected chi connectivity index (χ3v) is 4.10. The molecule has 0 aliphatic heterocycles. The molecule has 0 atom stereocenters. The largest absolute Gasteiger partial charge is 0.449 e. The standard InChI is InChI=1S/C15H13F3O3S/c1-4-22-14-7(2)12(20)11-6-9(15(16,17)18)5-10(8(3)19)13(11)21-14/h5-6H,4H2,1-3H3. The van der Waals surface area contributed by atoms with Crippen molar-refractivity contribution in [3.05, 3.63) is 39.0 Å². The molecule has 0 radical (unpaired) electrons. The summed E-state index contributed by atoms with van der Waals surface area (Å²) in [6.45, 7) is 4.49. The highest BCUT2D eigenvalue weighted by molar-refractivity contribution is 7.99. The van der Waals surface area contributed by atoms with Crippen molar-refractivity contribution in [1.29, 1.82) is 0 Å². The van der Waals surface area contributed by atoms with E-state index in [1.54, 1.807) is 0 Å². The van der Waals surface area contributed by atoms with Crippen molar-refractivity contribution in [3.63, 3.8) is 0 Å². The molecule has 0 fully saturated rings. The topological polar surface area (TPSA) is 47.3 Å². The van der Waals surface area contributed by atoms with Crippen LogP contribution in [0.25, 0.3) is 11.0 Å². The van der Waals surface area contributed by atoms with Crippen LogP contribution in [0.4, 0.5) is 13.2 Å². The average Bonchev–Trinajstić information content (AvgIpc) is 2.42. The average molecular weight is 330 g/mol. The molecule has 118 valence electrons. The first-order chi connectivity index (χ1) is 10.2. The van der Waals surface area contributed by atoms with Gasteiger partial charge in [-0.2, -0.15) is 13.2 Å². The van der Waals surface area contributed by atoms with Gasteiger partial charge < -0.3 is 4.42 Å². The fourth-order valence-electron chi connectivity index (χ4n) is 2.07. The number of fused-ring (bicyclic) bond motifs is 1. The van der Waals surface area contributed by atoms with Crippen LogP contribution in [0.15, 0.2) is 26.4 Å². The minimum absolute atomic E-state index is 0.0907. The molecule has 0 saturated carbocycles. The van der Waals surface area contributed by atoms with Gasteiger partial charge in [0.2, 0.25) is 0 Å². The molecule has 0 spiro atoms. The van der Waals surface area contributed by atoms with E-state index in [0.717, 1.165) is 19.1 Å². The van der Waals surface area contributed by atoms with E-state index in [1.807, 2.05) is 6.92 Å². The number of alkyl halides is 3. The molecule has 0 saturated heterocycles. The first-order valence-electron chi connectivity index (χ1n) is 6.49. The molecule has 0 unspecified atom stereocenters. The van der Waals surface area contributed by atoms with E-state index in [-0.39, 0.29) is 22.1 Å². The van der Waals surface area contributed by atoms with Crippen LogP contribution in [0.1, 0.15) is 35.3 Å². The molecule has 0 amide bonds. The van der Waals surface area contributed by atoms with Crippen LogP contribution in [0.3, 0.4) is 0 Å². The Labute approximate surface area is 128 Å². The van der Waals surface area contributed by atoms with E-state index in [9.17, 15) is 22.8 Å². The number of halogens is 3. The van der Waals surface area contributed by atoms with Gasteiger partial charge in [-0.15, -0.1) is 0 Å². The van der Waals surface area contributed by atoms with Gasteiger partial charge in [0.25, 0.3) is 0 Å². The zero-order valence-electron chi connectivity index (χ0n) is 12.1. The summed E-state index contributed by atoms with van der Waals surface area (Å²) in [5.74, 6) is 0.0428. The second kappa shape index (κ2) is 5.79. The van der Waals surface area contributed by atoms with Gasteiger partial charge in [-0.1, -0.05) is 18.7 Å². The number of rotatable bonds is 3. The van der Waals surface area contributed by atoms with Crippen LogP contribution >= 0.6 is 11.8 Å².